The molecule has 2 nitrogen and oxygen atoms in total. The van der Waals surface area contributed by atoms with Crippen molar-refractivity contribution in [2.24, 2.45) is 0 Å². The quantitative estimate of drug-likeness (QED) is 0.167. The van der Waals surface area contributed by atoms with Crippen molar-refractivity contribution in [1.29, 1.82) is 0 Å². The van der Waals surface area contributed by atoms with E-state index in [1.54, 1.807) is 0 Å². The Balaban J connectivity index is 1.04. The maximum absolute atomic E-state index is 5.36. The van der Waals surface area contributed by atoms with Gasteiger partial charge in [-0.2, -0.15) is 0 Å². The van der Waals surface area contributed by atoms with Gasteiger partial charge in [-0.1, -0.05) is 172 Å². The zero-order chi connectivity index (χ0) is 41.4. The van der Waals surface area contributed by atoms with E-state index in [9.17, 15) is 0 Å². The van der Waals surface area contributed by atoms with Crippen molar-refractivity contribution in [2.45, 2.75) is 19.3 Å². The monoisotopic (exact) mass is 808 g/mol. The molecular weight excluding hydrogens is 769 g/mol. The minimum Gasteiger partial charge on any atom is -0.228 e. The van der Waals surface area contributed by atoms with Gasteiger partial charge < -0.3 is 0 Å². The zero-order valence-corrected chi connectivity index (χ0v) is 35.2. The lowest BCUT2D eigenvalue weighted by Gasteiger charge is -2.21. The third-order valence-corrected chi connectivity index (χ3v) is 14.1. The summed E-state index contributed by atoms with van der Waals surface area (Å²) >= 11 is 1.86. The molecule has 0 fully saturated rings. The maximum Gasteiger partial charge on any atom is 0.160 e. The summed E-state index contributed by atoms with van der Waals surface area (Å²) in [6.07, 6.45) is 0. The Morgan fingerprint density at radius 2 is 0.952 bits per heavy atom. The first-order chi connectivity index (χ1) is 30.4. The Morgan fingerprint density at radius 3 is 1.85 bits per heavy atom. The van der Waals surface area contributed by atoms with Crippen LogP contribution in [0.1, 0.15) is 25.0 Å². The van der Waals surface area contributed by atoms with Gasteiger partial charge in [0.2, 0.25) is 0 Å². The van der Waals surface area contributed by atoms with Crippen LogP contribution in [0, 0.1) is 0 Å². The molecule has 0 saturated heterocycles. The molecule has 0 unspecified atom stereocenters. The molecule has 0 spiro atoms. The van der Waals surface area contributed by atoms with Crippen molar-refractivity contribution < 1.29 is 0 Å². The summed E-state index contributed by atoms with van der Waals surface area (Å²) in [5.41, 5.74) is 17.2. The number of fused-ring (bicyclic) bond motifs is 7. The lowest BCUT2D eigenvalue weighted by molar-refractivity contribution is 0.660. The molecule has 0 radical (unpaired) electrons. The van der Waals surface area contributed by atoms with Crippen molar-refractivity contribution in [2.75, 3.05) is 0 Å². The van der Waals surface area contributed by atoms with Gasteiger partial charge in [0.15, 0.2) is 5.82 Å². The predicted octanol–water partition coefficient (Wildman–Crippen LogP) is 16.3. The van der Waals surface area contributed by atoms with E-state index in [-0.39, 0.29) is 5.41 Å². The fraction of sp³-hybridized carbons (Fsp3) is 0.0508. The molecule has 62 heavy (non-hydrogen) atoms. The number of benzene rings is 9. The highest BCUT2D eigenvalue weighted by Crippen LogP contribution is 2.50. The van der Waals surface area contributed by atoms with Gasteiger partial charge in [-0.25, -0.2) is 9.97 Å². The van der Waals surface area contributed by atoms with E-state index in [2.05, 4.69) is 214 Å². The molecule has 0 aliphatic heterocycles. The molecule has 1 aliphatic carbocycles. The van der Waals surface area contributed by atoms with Gasteiger partial charge in [-0.15, -0.1) is 11.3 Å². The predicted molar refractivity (Wildman–Crippen MR) is 263 cm³/mol. The van der Waals surface area contributed by atoms with E-state index in [4.69, 9.17) is 9.97 Å². The number of thiophene rings is 1. The highest BCUT2D eigenvalue weighted by molar-refractivity contribution is 7.26. The molecule has 292 valence electrons. The number of hydrogen-bond donors (Lipinski definition) is 0. The summed E-state index contributed by atoms with van der Waals surface area (Å²) in [6, 6.07) is 75.0. The van der Waals surface area contributed by atoms with E-state index in [1.807, 2.05) is 17.4 Å². The Hall–Kier alpha value is -7.46. The fourth-order valence-electron chi connectivity index (χ4n) is 9.66. The molecular formula is C59H40N2S. The van der Waals surface area contributed by atoms with Gasteiger partial charge in [0.05, 0.1) is 11.4 Å². The van der Waals surface area contributed by atoms with Gasteiger partial charge in [0.25, 0.3) is 0 Å². The first-order valence-electron chi connectivity index (χ1n) is 21.3. The Bertz CT molecular complexity index is 3560. The molecule has 1 aliphatic rings. The molecule has 0 bridgehead atoms. The summed E-state index contributed by atoms with van der Waals surface area (Å²) in [6.45, 7) is 4.67. The second-order valence-corrected chi connectivity index (χ2v) is 18.0. The highest BCUT2D eigenvalue weighted by Gasteiger charge is 2.35. The first-order valence-corrected chi connectivity index (χ1v) is 22.1. The Morgan fingerprint density at radius 1 is 0.355 bits per heavy atom. The Kier molecular flexibility index (Phi) is 8.41. The van der Waals surface area contributed by atoms with Crippen LogP contribution in [0.15, 0.2) is 206 Å². The second-order valence-electron chi connectivity index (χ2n) is 17.0. The van der Waals surface area contributed by atoms with E-state index in [1.165, 1.54) is 69.9 Å². The van der Waals surface area contributed by atoms with Crippen LogP contribution in [-0.4, -0.2) is 9.97 Å². The van der Waals surface area contributed by atoms with Crippen molar-refractivity contribution in [1.82, 2.24) is 9.97 Å². The van der Waals surface area contributed by atoms with Crippen LogP contribution in [0.25, 0.3) is 109 Å². The van der Waals surface area contributed by atoms with Crippen LogP contribution in [-0.2, 0) is 5.41 Å². The van der Waals surface area contributed by atoms with Gasteiger partial charge in [-0.3, -0.25) is 0 Å². The van der Waals surface area contributed by atoms with Crippen molar-refractivity contribution >= 4 is 42.3 Å². The van der Waals surface area contributed by atoms with Crippen LogP contribution in [0.4, 0.5) is 0 Å². The van der Waals surface area contributed by atoms with Gasteiger partial charge in [0, 0.05) is 42.3 Å². The second kappa shape index (κ2) is 14.3. The third-order valence-electron chi connectivity index (χ3n) is 12.9. The van der Waals surface area contributed by atoms with Crippen LogP contribution >= 0.6 is 11.3 Å². The third kappa shape index (κ3) is 6.08. The number of hydrogen-bond acceptors (Lipinski definition) is 3. The van der Waals surface area contributed by atoms with Crippen LogP contribution in [0.5, 0.6) is 0 Å². The number of nitrogens with zero attached hydrogens (tertiary/aromatic N) is 2. The van der Waals surface area contributed by atoms with E-state index in [0.29, 0.717) is 5.82 Å². The molecule has 0 amide bonds. The zero-order valence-electron chi connectivity index (χ0n) is 34.4. The van der Waals surface area contributed by atoms with E-state index in [0.717, 1.165) is 44.8 Å². The largest absolute Gasteiger partial charge is 0.228 e. The topological polar surface area (TPSA) is 25.8 Å². The molecule has 0 atom stereocenters. The average Bonchev–Trinajstić information content (AvgIpc) is 3.83. The van der Waals surface area contributed by atoms with Crippen molar-refractivity contribution in [3.63, 3.8) is 0 Å². The average molecular weight is 809 g/mol. The van der Waals surface area contributed by atoms with Crippen molar-refractivity contribution in [3.8, 4) is 78.4 Å². The lowest BCUT2D eigenvalue weighted by Crippen LogP contribution is -2.14. The lowest BCUT2D eigenvalue weighted by atomic mass is 9.82. The number of aromatic nitrogens is 2. The van der Waals surface area contributed by atoms with Crippen molar-refractivity contribution in [3.05, 3.63) is 217 Å². The first kappa shape index (κ1) is 36.4. The minimum absolute atomic E-state index is 0.0344. The maximum atomic E-state index is 5.36. The van der Waals surface area contributed by atoms with Gasteiger partial charge >= 0.3 is 0 Å². The molecule has 2 aromatic heterocycles. The summed E-state index contributed by atoms with van der Waals surface area (Å²) < 4.78 is 2.59. The molecule has 12 rings (SSSR count). The molecule has 0 saturated carbocycles. The highest BCUT2D eigenvalue weighted by atomic mass is 32.1. The number of rotatable bonds is 6. The summed E-state index contributed by atoms with van der Waals surface area (Å²) in [4.78, 5) is 10.7. The fourth-order valence-corrected chi connectivity index (χ4v) is 10.9. The molecule has 0 N–H and O–H groups in total. The minimum atomic E-state index is -0.0344. The van der Waals surface area contributed by atoms with E-state index >= 15 is 0 Å². The SMILES string of the molecule is CC1(C)c2ccccc2-c2cc(-c3cccc(-c4cc(-c5cc(-c6ccc7ccccc7c6)cc(-c6cccc7c6sc6ccccc67)c5)nc(-c5ccccc5)n4)c3)ccc21. The van der Waals surface area contributed by atoms with Gasteiger partial charge in [0.1, 0.15) is 0 Å². The molecule has 9 aromatic carbocycles. The van der Waals surface area contributed by atoms with Crippen LogP contribution < -0.4 is 0 Å². The normalized spacial score (nSPS) is 12.8. The van der Waals surface area contributed by atoms with Crippen LogP contribution in [0.2, 0.25) is 0 Å². The Labute approximate surface area is 365 Å². The standard InChI is InChI=1S/C59H40N2S/c1-59(2)52-24-10-8-20-48(52)51-35-42(28-29-53(51)59)40-18-12-19-43(31-40)54-36-55(61-58(60-54)38-15-4-3-5-16-38)46-33-44(41-27-26-37-14-6-7-17-39(37)30-41)32-45(34-46)47-22-13-23-50-49-21-9-11-25-56(49)62-57(47)50/h3-36H,1-2H3. The van der Waals surface area contributed by atoms with E-state index < -0.39 is 0 Å². The molecule has 2 heterocycles. The smallest absolute Gasteiger partial charge is 0.160 e. The van der Waals surface area contributed by atoms with Crippen LogP contribution in [0.3, 0.4) is 0 Å². The summed E-state index contributed by atoms with van der Waals surface area (Å²) in [7, 11) is 0. The van der Waals surface area contributed by atoms with Gasteiger partial charge in [-0.05, 0) is 115 Å². The molecule has 11 aromatic rings. The summed E-state index contributed by atoms with van der Waals surface area (Å²) in [5.74, 6) is 0.698. The summed E-state index contributed by atoms with van der Waals surface area (Å²) in [5, 5.41) is 5.03. The molecule has 3 heteroatoms.